The number of pyridine rings is 1. The van der Waals surface area contributed by atoms with Crippen molar-refractivity contribution in [2.45, 2.75) is 44.2 Å². The van der Waals surface area contributed by atoms with Crippen LogP contribution in [0.15, 0.2) is 42.6 Å². The maximum absolute atomic E-state index is 11.0. The molecule has 26 heavy (non-hydrogen) atoms. The van der Waals surface area contributed by atoms with Crippen molar-refractivity contribution in [3.63, 3.8) is 0 Å². The van der Waals surface area contributed by atoms with Crippen LogP contribution in [0.5, 0.6) is 11.6 Å². The molecule has 1 fully saturated rings. The number of primary amides is 1. The first-order valence-electron chi connectivity index (χ1n) is 9.06. The Kier molecular flexibility index (Phi) is 6.20. The maximum atomic E-state index is 11.0. The lowest BCUT2D eigenvalue weighted by molar-refractivity contribution is 0.0914. The Balaban J connectivity index is 1.47. The van der Waals surface area contributed by atoms with Crippen LogP contribution in [-0.4, -0.2) is 34.7 Å². The Labute approximate surface area is 153 Å². The molecule has 0 spiro atoms. The lowest BCUT2D eigenvalue weighted by Gasteiger charge is -2.28. The molecule has 1 aromatic heterocycles. The molecule has 1 amide bonds. The summed E-state index contributed by atoms with van der Waals surface area (Å²) in [7, 11) is 0. The van der Waals surface area contributed by atoms with E-state index in [-0.39, 0.29) is 12.1 Å². The number of carbonyl (C=O) groups is 1. The molecule has 1 aliphatic carbocycles. The number of rotatable bonds is 7. The summed E-state index contributed by atoms with van der Waals surface area (Å²) in [5, 5.41) is 13.4. The summed E-state index contributed by atoms with van der Waals surface area (Å²) < 4.78 is 5.67. The summed E-state index contributed by atoms with van der Waals surface area (Å²) in [5.74, 6) is 0.585. The standard InChI is InChI=1S/C20H25N3O3/c21-20(25)15-7-10-19(23-13-15)26-16-8-5-14(6-9-16)11-12-22-17-3-1-2-4-18(17)24/h5-10,13,17-18,22,24H,1-4,11-12H2,(H2,21,25). The van der Waals surface area contributed by atoms with Crippen LogP contribution in [0.1, 0.15) is 41.6 Å². The van der Waals surface area contributed by atoms with Gasteiger partial charge < -0.3 is 20.9 Å². The molecule has 0 aliphatic heterocycles. The van der Waals surface area contributed by atoms with Gasteiger partial charge in [0.05, 0.1) is 11.7 Å². The van der Waals surface area contributed by atoms with Gasteiger partial charge in [0.15, 0.2) is 0 Å². The molecule has 2 unspecified atom stereocenters. The highest BCUT2D eigenvalue weighted by molar-refractivity contribution is 5.92. The van der Waals surface area contributed by atoms with E-state index in [1.165, 1.54) is 18.2 Å². The van der Waals surface area contributed by atoms with Crippen LogP contribution in [0.25, 0.3) is 0 Å². The van der Waals surface area contributed by atoms with E-state index in [4.69, 9.17) is 10.5 Å². The molecule has 0 bridgehead atoms. The van der Waals surface area contributed by atoms with Crippen molar-refractivity contribution in [2.24, 2.45) is 5.73 Å². The predicted molar refractivity (Wildman–Crippen MR) is 99.2 cm³/mol. The zero-order valence-corrected chi connectivity index (χ0v) is 14.7. The van der Waals surface area contributed by atoms with E-state index in [0.29, 0.717) is 17.2 Å². The molecule has 0 saturated heterocycles. The molecular formula is C20H25N3O3. The third-order valence-corrected chi connectivity index (χ3v) is 4.72. The van der Waals surface area contributed by atoms with Crippen LogP contribution in [0.4, 0.5) is 0 Å². The molecule has 6 heteroatoms. The van der Waals surface area contributed by atoms with Crippen molar-refractivity contribution in [2.75, 3.05) is 6.54 Å². The Morgan fingerprint density at radius 1 is 1.19 bits per heavy atom. The molecule has 1 aliphatic rings. The predicted octanol–water partition coefficient (Wildman–Crippen LogP) is 2.41. The number of aromatic nitrogens is 1. The van der Waals surface area contributed by atoms with Gasteiger partial charge in [-0.3, -0.25) is 4.79 Å². The number of hydrogen-bond donors (Lipinski definition) is 3. The molecule has 0 radical (unpaired) electrons. The van der Waals surface area contributed by atoms with Gasteiger partial charge in [-0.1, -0.05) is 25.0 Å². The number of aliphatic hydroxyl groups excluding tert-OH is 1. The molecule has 1 heterocycles. The van der Waals surface area contributed by atoms with E-state index < -0.39 is 5.91 Å². The molecule has 2 atom stereocenters. The van der Waals surface area contributed by atoms with E-state index in [1.54, 1.807) is 12.1 Å². The molecular weight excluding hydrogens is 330 g/mol. The number of benzene rings is 1. The molecule has 3 rings (SSSR count). The third-order valence-electron chi connectivity index (χ3n) is 4.72. The number of ether oxygens (including phenoxy) is 1. The van der Waals surface area contributed by atoms with Gasteiger partial charge in [0, 0.05) is 18.3 Å². The van der Waals surface area contributed by atoms with Crippen LogP contribution in [-0.2, 0) is 6.42 Å². The number of nitrogens with one attached hydrogen (secondary N) is 1. The number of nitrogens with zero attached hydrogens (tertiary/aromatic N) is 1. The fraction of sp³-hybridized carbons (Fsp3) is 0.400. The summed E-state index contributed by atoms with van der Waals surface area (Å²) in [6, 6.07) is 11.3. The van der Waals surface area contributed by atoms with Gasteiger partial charge >= 0.3 is 0 Å². The summed E-state index contributed by atoms with van der Waals surface area (Å²) in [6.07, 6.45) is 6.35. The highest BCUT2D eigenvalue weighted by atomic mass is 16.5. The van der Waals surface area contributed by atoms with Crippen molar-refractivity contribution < 1.29 is 14.6 Å². The van der Waals surface area contributed by atoms with Gasteiger partial charge in [0.1, 0.15) is 5.75 Å². The van der Waals surface area contributed by atoms with Gasteiger partial charge in [-0.15, -0.1) is 0 Å². The molecule has 4 N–H and O–H groups in total. The fourth-order valence-corrected chi connectivity index (χ4v) is 3.18. The van der Waals surface area contributed by atoms with Crippen LogP contribution >= 0.6 is 0 Å². The largest absolute Gasteiger partial charge is 0.439 e. The van der Waals surface area contributed by atoms with Gasteiger partial charge in [-0.2, -0.15) is 0 Å². The normalized spacial score (nSPS) is 19.9. The smallest absolute Gasteiger partial charge is 0.250 e. The maximum Gasteiger partial charge on any atom is 0.250 e. The molecule has 138 valence electrons. The van der Waals surface area contributed by atoms with Gasteiger partial charge in [0.25, 0.3) is 0 Å². The highest BCUT2D eigenvalue weighted by Crippen LogP contribution is 2.21. The molecule has 6 nitrogen and oxygen atoms in total. The summed E-state index contributed by atoms with van der Waals surface area (Å²) >= 11 is 0. The van der Waals surface area contributed by atoms with Crippen molar-refractivity contribution in [1.29, 1.82) is 0 Å². The number of nitrogens with two attached hydrogens (primary N) is 1. The monoisotopic (exact) mass is 355 g/mol. The van der Waals surface area contributed by atoms with E-state index >= 15 is 0 Å². The number of aliphatic hydroxyl groups is 1. The third kappa shape index (κ3) is 5.03. The second-order valence-corrected chi connectivity index (χ2v) is 6.66. The lowest BCUT2D eigenvalue weighted by atomic mass is 9.92. The van der Waals surface area contributed by atoms with Crippen molar-refractivity contribution in [3.05, 3.63) is 53.7 Å². The Morgan fingerprint density at radius 3 is 2.62 bits per heavy atom. The average Bonchev–Trinajstić information content (AvgIpc) is 2.65. The minimum absolute atomic E-state index is 0.215. The molecule has 1 aromatic carbocycles. The van der Waals surface area contributed by atoms with E-state index in [9.17, 15) is 9.90 Å². The molecule has 1 saturated carbocycles. The topological polar surface area (TPSA) is 97.5 Å². The Hall–Kier alpha value is -2.44. The number of carbonyl (C=O) groups excluding carboxylic acids is 1. The Morgan fingerprint density at radius 2 is 1.96 bits per heavy atom. The first kappa shape index (κ1) is 18.4. The van der Waals surface area contributed by atoms with Gasteiger partial charge in [-0.25, -0.2) is 4.98 Å². The van der Waals surface area contributed by atoms with Crippen LogP contribution in [0.3, 0.4) is 0 Å². The zero-order chi connectivity index (χ0) is 18.4. The first-order chi connectivity index (χ1) is 12.6. The van der Waals surface area contributed by atoms with E-state index in [2.05, 4.69) is 10.3 Å². The van der Waals surface area contributed by atoms with E-state index in [0.717, 1.165) is 32.2 Å². The van der Waals surface area contributed by atoms with Gasteiger partial charge in [0.2, 0.25) is 11.8 Å². The van der Waals surface area contributed by atoms with Crippen LogP contribution < -0.4 is 15.8 Å². The summed E-state index contributed by atoms with van der Waals surface area (Å²) in [5.41, 5.74) is 6.74. The molecule has 2 aromatic rings. The van der Waals surface area contributed by atoms with Crippen LogP contribution in [0, 0.1) is 0 Å². The number of hydrogen-bond acceptors (Lipinski definition) is 5. The van der Waals surface area contributed by atoms with Crippen molar-refractivity contribution in [3.8, 4) is 11.6 Å². The highest BCUT2D eigenvalue weighted by Gasteiger charge is 2.21. The second-order valence-electron chi connectivity index (χ2n) is 6.66. The Bertz CT molecular complexity index is 716. The zero-order valence-electron chi connectivity index (χ0n) is 14.7. The lowest BCUT2D eigenvalue weighted by Crippen LogP contribution is -2.42. The quantitative estimate of drug-likeness (QED) is 0.708. The SMILES string of the molecule is NC(=O)c1ccc(Oc2ccc(CCNC3CCCCC3O)cc2)nc1. The minimum Gasteiger partial charge on any atom is -0.439 e. The summed E-state index contributed by atoms with van der Waals surface area (Å²) in [6.45, 7) is 0.845. The van der Waals surface area contributed by atoms with Crippen molar-refractivity contribution >= 4 is 5.91 Å². The first-order valence-corrected chi connectivity index (χ1v) is 9.06. The van der Waals surface area contributed by atoms with Crippen molar-refractivity contribution in [1.82, 2.24) is 10.3 Å². The average molecular weight is 355 g/mol. The minimum atomic E-state index is -0.511. The summed E-state index contributed by atoms with van der Waals surface area (Å²) in [4.78, 5) is 15.1. The van der Waals surface area contributed by atoms with Gasteiger partial charge in [-0.05, 0) is 49.6 Å². The van der Waals surface area contributed by atoms with Crippen LogP contribution in [0.2, 0.25) is 0 Å². The second kappa shape index (κ2) is 8.78. The fourth-order valence-electron chi connectivity index (χ4n) is 3.18. The number of amides is 1. The van der Waals surface area contributed by atoms with E-state index in [1.807, 2.05) is 24.3 Å².